The van der Waals surface area contributed by atoms with Gasteiger partial charge in [-0.05, 0) is 6.07 Å². The summed E-state index contributed by atoms with van der Waals surface area (Å²) in [4.78, 5) is 3.73. The van der Waals surface area contributed by atoms with E-state index in [1.807, 2.05) is 0 Å². The van der Waals surface area contributed by atoms with E-state index >= 15 is 0 Å². The van der Waals surface area contributed by atoms with Gasteiger partial charge in [-0.15, -0.1) is 6.42 Å². The van der Waals surface area contributed by atoms with E-state index in [2.05, 4.69) is 10.9 Å². The summed E-state index contributed by atoms with van der Waals surface area (Å²) in [6.07, 6.45) is 6.62. The molecule has 0 saturated heterocycles. The second-order valence-electron chi connectivity index (χ2n) is 1.61. The van der Waals surface area contributed by atoms with Gasteiger partial charge in [0.05, 0.1) is 5.02 Å². The van der Waals surface area contributed by atoms with Crippen LogP contribution in [0.3, 0.4) is 0 Å². The van der Waals surface area contributed by atoms with Crippen LogP contribution in [0.2, 0.25) is 10.2 Å². The summed E-state index contributed by atoms with van der Waals surface area (Å²) in [5, 5.41) is 0.587. The zero-order valence-corrected chi connectivity index (χ0v) is 6.45. The number of halogens is 2. The van der Waals surface area contributed by atoms with Crippen molar-refractivity contribution in [3.05, 3.63) is 28.0 Å². The maximum atomic E-state index is 5.66. The van der Waals surface area contributed by atoms with Gasteiger partial charge < -0.3 is 0 Å². The lowest BCUT2D eigenvalue weighted by Crippen LogP contribution is -1.80. The second kappa shape index (κ2) is 2.92. The molecule has 3 heteroatoms. The van der Waals surface area contributed by atoms with Crippen molar-refractivity contribution in [1.29, 1.82) is 0 Å². The summed E-state index contributed by atoms with van der Waals surface area (Å²) >= 11 is 11.2. The number of terminal acetylenes is 1. The van der Waals surface area contributed by atoms with Gasteiger partial charge in [0.15, 0.2) is 0 Å². The van der Waals surface area contributed by atoms with Crippen molar-refractivity contribution in [2.24, 2.45) is 0 Å². The Hall–Kier alpha value is -0.710. The van der Waals surface area contributed by atoms with Crippen LogP contribution in [-0.4, -0.2) is 4.98 Å². The van der Waals surface area contributed by atoms with Crippen LogP contribution in [0.25, 0.3) is 0 Å². The molecule has 10 heavy (non-hydrogen) atoms. The Kier molecular flexibility index (Phi) is 2.16. The number of pyridine rings is 1. The monoisotopic (exact) mass is 171 g/mol. The fourth-order valence-corrected chi connectivity index (χ4v) is 0.854. The van der Waals surface area contributed by atoms with Gasteiger partial charge in [-0.25, -0.2) is 4.98 Å². The Balaban J connectivity index is 3.31. The SMILES string of the molecule is C#Cc1ccnc(Cl)c1Cl. The smallest absolute Gasteiger partial charge is 0.148 e. The highest BCUT2D eigenvalue weighted by atomic mass is 35.5. The lowest BCUT2D eigenvalue weighted by molar-refractivity contribution is 1.32. The van der Waals surface area contributed by atoms with Crippen LogP contribution in [0.1, 0.15) is 5.56 Å². The summed E-state index contributed by atoms with van der Waals surface area (Å²) in [6, 6.07) is 1.63. The summed E-state index contributed by atoms with van der Waals surface area (Å²) < 4.78 is 0. The van der Waals surface area contributed by atoms with E-state index in [0.717, 1.165) is 0 Å². The number of nitrogens with zero attached hydrogens (tertiary/aromatic N) is 1. The van der Waals surface area contributed by atoms with Crippen molar-refractivity contribution in [2.45, 2.75) is 0 Å². The Morgan fingerprint density at radius 2 is 2.20 bits per heavy atom. The van der Waals surface area contributed by atoms with E-state index < -0.39 is 0 Å². The molecule has 0 amide bonds. The molecule has 1 rings (SSSR count). The van der Waals surface area contributed by atoms with Crippen molar-refractivity contribution in [3.63, 3.8) is 0 Å². The topological polar surface area (TPSA) is 12.9 Å². The molecule has 0 atom stereocenters. The van der Waals surface area contributed by atoms with Crippen molar-refractivity contribution in [2.75, 3.05) is 0 Å². The van der Waals surface area contributed by atoms with E-state index in [1.54, 1.807) is 6.07 Å². The first kappa shape index (κ1) is 7.40. The zero-order valence-electron chi connectivity index (χ0n) is 4.94. The lowest BCUT2D eigenvalue weighted by Gasteiger charge is -1.94. The minimum atomic E-state index is 0.247. The van der Waals surface area contributed by atoms with Gasteiger partial charge in [-0.2, -0.15) is 0 Å². The molecule has 0 bridgehead atoms. The molecular weight excluding hydrogens is 169 g/mol. The van der Waals surface area contributed by atoms with Gasteiger partial charge in [0, 0.05) is 11.8 Å². The minimum Gasteiger partial charge on any atom is -0.243 e. The van der Waals surface area contributed by atoms with Crippen LogP contribution >= 0.6 is 23.2 Å². The molecule has 1 aromatic rings. The minimum absolute atomic E-state index is 0.247. The molecular formula is C7H3Cl2N. The van der Waals surface area contributed by atoms with E-state index in [4.69, 9.17) is 29.6 Å². The van der Waals surface area contributed by atoms with Gasteiger partial charge in [-0.1, -0.05) is 29.1 Å². The van der Waals surface area contributed by atoms with Gasteiger partial charge in [0.25, 0.3) is 0 Å². The molecule has 0 fully saturated rings. The van der Waals surface area contributed by atoms with E-state index in [0.29, 0.717) is 10.6 Å². The quantitative estimate of drug-likeness (QED) is 0.432. The largest absolute Gasteiger partial charge is 0.243 e. The first-order valence-corrected chi connectivity index (χ1v) is 3.28. The fourth-order valence-electron chi connectivity index (χ4n) is 0.530. The van der Waals surface area contributed by atoms with Crippen molar-refractivity contribution in [3.8, 4) is 12.3 Å². The highest BCUT2D eigenvalue weighted by Crippen LogP contribution is 2.21. The Labute approximate surface area is 69.0 Å². The van der Waals surface area contributed by atoms with Crippen LogP contribution in [0.15, 0.2) is 12.3 Å². The predicted molar refractivity (Wildman–Crippen MR) is 42.2 cm³/mol. The highest BCUT2D eigenvalue weighted by Gasteiger charge is 2.00. The number of aromatic nitrogens is 1. The third-order valence-electron chi connectivity index (χ3n) is 1.00. The zero-order chi connectivity index (χ0) is 7.56. The standard InChI is InChI=1S/C7H3Cl2N/c1-2-5-3-4-10-7(9)6(5)8/h1,3-4H. The fraction of sp³-hybridized carbons (Fsp3) is 0. The van der Waals surface area contributed by atoms with Crippen LogP contribution in [-0.2, 0) is 0 Å². The van der Waals surface area contributed by atoms with E-state index in [-0.39, 0.29) is 5.15 Å². The van der Waals surface area contributed by atoms with Crippen molar-refractivity contribution < 1.29 is 0 Å². The van der Waals surface area contributed by atoms with Crippen LogP contribution < -0.4 is 0 Å². The maximum absolute atomic E-state index is 5.66. The Bertz CT molecular complexity index is 288. The third kappa shape index (κ3) is 1.23. The molecule has 0 radical (unpaired) electrons. The summed E-state index contributed by atoms with van der Waals surface area (Å²) in [6.45, 7) is 0. The molecule has 0 unspecified atom stereocenters. The Morgan fingerprint density at radius 3 is 2.70 bits per heavy atom. The summed E-state index contributed by atoms with van der Waals surface area (Å²) in [5.41, 5.74) is 0.571. The molecule has 0 N–H and O–H groups in total. The van der Waals surface area contributed by atoms with Crippen LogP contribution in [0.5, 0.6) is 0 Å². The van der Waals surface area contributed by atoms with Crippen molar-refractivity contribution in [1.82, 2.24) is 4.98 Å². The van der Waals surface area contributed by atoms with Gasteiger partial charge in [0.2, 0.25) is 0 Å². The molecule has 1 heterocycles. The average Bonchev–Trinajstić information content (AvgIpc) is 1.95. The number of hydrogen-bond acceptors (Lipinski definition) is 1. The van der Waals surface area contributed by atoms with E-state index in [1.165, 1.54) is 6.20 Å². The first-order valence-electron chi connectivity index (χ1n) is 2.52. The molecule has 50 valence electrons. The van der Waals surface area contributed by atoms with Crippen LogP contribution in [0, 0.1) is 12.3 Å². The van der Waals surface area contributed by atoms with E-state index in [9.17, 15) is 0 Å². The first-order chi connectivity index (χ1) is 4.75. The highest BCUT2D eigenvalue weighted by molar-refractivity contribution is 6.41. The van der Waals surface area contributed by atoms with Gasteiger partial charge >= 0.3 is 0 Å². The number of hydrogen-bond donors (Lipinski definition) is 0. The third-order valence-corrected chi connectivity index (χ3v) is 1.77. The average molecular weight is 172 g/mol. The van der Waals surface area contributed by atoms with Gasteiger partial charge in [-0.3, -0.25) is 0 Å². The normalized spacial score (nSPS) is 8.90. The number of rotatable bonds is 0. The molecule has 1 nitrogen and oxygen atoms in total. The second-order valence-corrected chi connectivity index (χ2v) is 2.34. The summed E-state index contributed by atoms with van der Waals surface area (Å²) in [7, 11) is 0. The molecule has 0 aliphatic heterocycles. The molecule has 0 aromatic carbocycles. The maximum Gasteiger partial charge on any atom is 0.148 e. The molecule has 1 aromatic heterocycles. The van der Waals surface area contributed by atoms with Crippen LogP contribution in [0.4, 0.5) is 0 Å². The molecule has 0 aliphatic carbocycles. The molecule has 0 aliphatic rings. The summed E-state index contributed by atoms with van der Waals surface area (Å²) in [5.74, 6) is 2.38. The Morgan fingerprint density at radius 1 is 1.50 bits per heavy atom. The predicted octanol–water partition coefficient (Wildman–Crippen LogP) is 2.37. The van der Waals surface area contributed by atoms with Crippen molar-refractivity contribution >= 4 is 23.2 Å². The van der Waals surface area contributed by atoms with Gasteiger partial charge in [0.1, 0.15) is 5.15 Å². The lowest BCUT2D eigenvalue weighted by atomic mass is 10.3. The molecule has 0 spiro atoms. The molecule has 0 saturated carbocycles.